The van der Waals surface area contributed by atoms with E-state index in [-0.39, 0.29) is 66.6 Å². The number of cyclic esters (lactones) is 1. The van der Waals surface area contributed by atoms with Gasteiger partial charge in [0.1, 0.15) is 12.2 Å². The zero-order valence-electron chi connectivity index (χ0n) is 31.5. The number of hydrogen-bond donors (Lipinski definition) is 2. The first-order valence-corrected chi connectivity index (χ1v) is 18.2. The molecule has 4 saturated heterocycles. The molecule has 10 nitrogen and oxygen atoms in total. The van der Waals surface area contributed by atoms with Gasteiger partial charge in [0, 0.05) is 25.5 Å². The van der Waals surface area contributed by atoms with Gasteiger partial charge in [-0.05, 0) is 98.1 Å². The molecule has 47 heavy (non-hydrogen) atoms. The van der Waals surface area contributed by atoms with E-state index >= 15 is 0 Å². The molecule has 0 saturated carbocycles. The minimum Gasteiger partial charge on any atom is -0.462 e. The molecule has 0 amide bonds. The van der Waals surface area contributed by atoms with E-state index in [1.54, 1.807) is 14.0 Å². The second kappa shape index (κ2) is 14.8. The van der Waals surface area contributed by atoms with Gasteiger partial charge in [0.2, 0.25) is 0 Å². The quantitative estimate of drug-likeness (QED) is 0.301. The summed E-state index contributed by atoms with van der Waals surface area (Å²) in [4.78, 5) is 16.2. The molecule has 2 N–H and O–H groups in total. The summed E-state index contributed by atoms with van der Waals surface area (Å²) in [5, 5.41) is 22.2. The van der Waals surface area contributed by atoms with Gasteiger partial charge < -0.3 is 43.5 Å². The lowest BCUT2D eigenvalue weighted by Crippen LogP contribution is -2.55. The zero-order valence-corrected chi connectivity index (χ0v) is 31.5. The topological polar surface area (TPSA) is 119 Å². The number of ether oxygens (including phenoxy) is 6. The monoisotopic (exact) mass is 669 g/mol. The van der Waals surface area contributed by atoms with Gasteiger partial charge in [0.15, 0.2) is 6.29 Å². The van der Waals surface area contributed by atoms with Crippen LogP contribution in [0.2, 0.25) is 0 Å². The van der Waals surface area contributed by atoms with Crippen LogP contribution in [0, 0.1) is 35.5 Å². The summed E-state index contributed by atoms with van der Waals surface area (Å²) in [5.41, 5.74) is -2.60. The fraction of sp³-hybridized carbons (Fsp3) is 0.973. The highest BCUT2D eigenvalue weighted by Gasteiger charge is 2.63. The van der Waals surface area contributed by atoms with Gasteiger partial charge in [-0.2, -0.15) is 0 Å². The first-order chi connectivity index (χ1) is 21.7. The highest BCUT2D eigenvalue weighted by molar-refractivity contribution is 5.72. The Hall–Kier alpha value is -0.850. The molecular formula is C37H67NO9. The summed E-state index contributed by atoms with van der Waals surface area (Å²) in [5.74, 6) is -1.39. The molecule has 0 bridgehead atoms. The molecule has 4 aliphatic heterocycles. The van der Waals surface area contributed by atoms with E-state index in [1.165, 1.54) is 0 Å². The number of nitrogens with zero attached hydrogens (tertiary/aromatic N) is 1. The van der Waals surface area contributed by atoms with Crippen molar-refractivity contribution < 1.29 is 43.4 Å². The SMILES string of the molecule is CO[C@]1(C)C[C@@H](C)C2OC2(C)C(C)[C@](C)(O)COC(=O)C(C)[C@@H](C[C@H]2CC(C)[C@@H](O)C(C)O2)[C@H](C)[C@H]1OC1CC(N(C)C)CC(C)O1. The molecule has 9 unspecified atom stereocenters. The van der Waals surface area contributed by atoms with Crippen molar-refractivity contribution in [1.82, 2.24) is 4.90 Å². The lowest BCUT2D eigenvalue weighted by atomic mass is 9.69. The molecular weight excluding hydrogens is 602 g/mol. The summed E-state index contributed by atoms with van der Waals surface area (Å²) in [6.07, 6.45) is 1.67. The molecule has 0 spiro atoms. The fourth-order valence-electron chi connectivity index (χ4n) is 9.18. The van der Waals surface area contributed by atoms with Gasteiger partial charge in [-0.3, -0.25) is 4.79 Å². The second-order valence-electron chi connectivity index (χ2n) is 16.8. The maximum Gasteiger partial charge on any atom is 0.309 e. The van der Waals surface area contributed by atoms with E-state index in [1.807, 2.05) is 27.7 Å². The number of methoxy groups -OCH3 is 1. The van der Waals surface area contributed by atoms with Crippen LogP contribution in [-0.2, 0) is 33.2 Å². The van der Waals surface area contributed by atoms with Crippen LogP contribution in [0.4, 0.5) is 0 Å². The van der Waals surface area contributed by atoms with Crippen LogP contribution < -0.4 is 0 Å². The van der Waals surface area contributed by atoms with E-state index < -0.39 is 41.2 Å². The van der Waals surface area contributed by atoms with Gasteiger partial charge in [-0.1, -0.05) is 34.6 Å². The van der Waals surface area contributed by atoms with Crippen LogP contribution in [0.15, 0.2) is 0 Å². The molecule has 0 aromatic heterocycles. The van der Waals surface area contributed by atoms with E-state index in [4.69, 9.17) is 28.4 Å². The van der Waals surface area contributed by atoms with Crippen molar-refractivity contribution in [2.24, 2.45) is 35.5 Å². The van der Waals surface area contributed by atoms with E-state index in [0.717, 1.165) is 12.8 Å². The molecule has 4 rings (SSSR count). The number of carbonyl (C=O) groups excluding carboxylic acids is 1. The summed E-state index contributed by atoms with van der Waals surface area (Å²) < 4.78 is 38.7. The smallest absolute Gasteiger partial charge is 0.309 e. The van der Waals surface area contributed by atoms with Crippen molar-refractivity contribution in [3.8, 4) is 0 Å². The molecule has 4 heterocycles. The van der Waals surface area contributed by atoms with Crippen molar-refractivity contribution >= 4 is 5.97 Å². The maximum absolute atomic E-state index is 13.9. The van der Waals surface area contributed by atoms with E-state index in [2.05, 4.69) is 53.6 Å². The normalized spacial score (nSPS) is 52.0. The minimum atomic E-state index is -1.27. The standard InChI is InChI=1S/C37H67NO9/c1-20-14-28(45-25(6)31(20)39)17-29-23(4)33(46-30-16-27(38(11)12)15-22(3)44-30)36(9,42-13)18-21(2)32-37(10,47-32)26(7)35(8,41)19-43-34(40)24(29)5/h20-33,39,41H,14-19H2,1-13H3/t20?,21-,22?,23+,24?,25?,26?,27?,28-,29+,30?,31-,32?,33-,35-,36-,37?/m1/s1. The van der Waals surface area contributed by atoms with Crippen LogP contribution in [0.3, 0.4) is 0 Å². The predicted octanol–water partition coefficient (Wildman–Crippen LogP) is 4.81. The molecule has 10 heteroatoms. The predicted molar refractivity (Wildman–Crippen MR) is 180 cm³/mol. The second-order valence-corrected chi connectivity index (χ2v) is 16.8. The van der Waals surface area contributed by atoms with Gasteiger partial charge in [0.05, 0.1) is 53.7 Å². The highest BCUT2D eigenvalue weighted by atomic mass is 16.7. The molecule has 4 fully saturated rings. The van der Waals surface area contributed by atoms with Crippen LogP contribution in [0.5, 0.6) is 0 Å². The average Bonchev–Trinajstić information content (AvgIpc) is 3.70. The van der Waals surface area contributed by atoms with Crippen molar-refractivity contribution in [3.05, 3.63) is 0 Å². The Morgan fingerprint density at radius 2 is 1.62 bits per heavy atom. The molecule has 0 aliphatic carbocycles. The summed E-state index contributed by atoms with van der Waals surface area (Å²) in [7, 11) is 5.94. The largest absolute Gasteiger partial charge is 0.462 e. The van der Waals surface area contributed by atoms with Crippen molar-refractivity contribution in [2.45, 2.75) is 167 Å². The number of epoxide rings is 1. The molecule has 0 aromatic rings. The molecule has 17 atom stereocenters. The molecule has 4 aliphatic rings. The van der Waals surface area contributed by atoms with Crippen molar-refractivity contribution in [2.75, 3.05) is 27.8 Å². The van der Waals surface area contributed by atoms with E-state index in [0.29, 0.717) is 25.3 Å². The zero-order chi connectivity index (χ0) is 35.2. The van der Waals surface area contributed by atoms with Gasteiger partial charge >= 0.3 is 5.97 Å². The number of aliphatic hydroxyl groups excluding tert-OH is 1. The Balaban J connectivity index is 1.75. The Bertz CT molecular complexity index is 1040. The summed E-state index contributed by atoms with van der Waals surface area (Å²) in [6, 6.07) is 0.315. The van der Waals surface area contributed by atoms with Gasteiger partial charge in [0.25, 0.3) is 0 Å². The minimum absolute atomic E-state index is 0.0345. The van der Waals surface area contributed by atoms with Gasteiger partial charge in [-0.25, -0.2) is 0 Å². The third-order valence-corrected chi connectivity index (χ3v) is 12.8. The summed E-state index contributed by atoms with van der Waals surface area (Å²) >= 11 is 0. The van der Waals surface area contributed by atoms with Crippen LogP contribution in [0.1, 0.15) is 101 Å². The third-order valence-electron chi connectivity index (χ3n) is 12.8. The van der Waals surface area contributed by atoms with Crippen LogP contribution >= 0.6 is 0 Å². The summed E-state index contributed by atoms with van der Waals surface area (Å²) in [6.45, 7) is 20.1. The molecule has 0 radical (unpaired) electrons. The van der Waals surface area contributed by atoms with Crippen molar-refractivity contribution in [1.29, 1.82) is 0 Å². The Morgan fingerprint density at radius 3 is 2.21 bits per heavy atom. The Morgan fingerprint density at radius 1 is 0.957 bits per heavy atom. The number of hydrogen-bond acceptors (Lipinski definition) is 10. The molecule has 0 aromatic carbocycles. The van der Waals surface area contributed by atoms with Crippen molar-refractivity contribution in [3.63, 3.8) is 0 Å². The van der Waals surface area contributed by atoms with E-state index in [9.17, 15) is 15.0 Å². The number of carbonyl (C=O) groups is 1. The van der Waals surface area contributed by atoms with Gasteiger partial charge in [-0.15, -0.1) is 0 Å². The van der Waals surface area contributed by atoms with Crippen LogP contribution in [-0.4, -0.2) is 115 Å². The first kappa shape index (κ1) is 38.9. The number of fused-ring (bicyclic) bond motifs is 1. The number of aliphatic hydroxyl groups is 2. The third kappa shape index (κ3) is 8.38. The van der Waals surface area contributed by atoms with Crippen LogP contribution in [0.25, 0.3) is 0 Å². The fourth-order valence-corrected chi connectivity index (χ4v) is 9.18. The molecule has 274 valence electrons. The lowest BCUT2D eigenvalue weighted by Gasteiger charge is -2.48. The number of esters is 1. The highest BCUT2D eigenvalue weighted by Crippen LogP contribution is 2.53. The number of rotatable bonds is 6. The first-order valence-electron chi connectivity index (χ1n) is 18.2. The lowest BCUT2D eigenvalue weighted by molar-refractivity contribution is -0.269. The maximum atomic E-state index is 13.9. The average molecular weight is 670 g/mol. The Kier molecular flexibility index (Phi) is 12.3. The Labute approximate surface area is 284 Å².